The molecule has 0 aliphatic heterocycles. The third-order valence-electron chi connectivity index (χ3n) is 3.34. The summed E-state index contributed by atoms with van der Waals surface area (Å²) in [5.41, 5.74) is 0. The minimum Gasteiger partial charge on any atom is -0.481 e. The highest BCUT2D eigenvalue weighted by molar-refractivity contribution is 5.78. The van der Waals surface area contributed by atoms with Crippen molar-refractivity contribution in [3.63, 3.8) is 0 Å². The average molecular weight is 243 g/mol. The Bertz CT molecular complexity index is 253. The molecule has 1 aliphatic carbocycles. The zero-order chi connectivity index (χ0) is 12.5. The van der Waals surface area contributed by atoms with E-state index in [1.165, 1.54) is 19.3 Å². The number of carbonyl (C=O) groups excluding carboxylic acids is 1. The Morgan fingerprint density at radius 2 is 1.82 bits per heavy atom. The first kappa shape index (κ1) is 14.0. The molecule has 4 heteroatoms. The summed E-state index contributed by atoms with van der Waals surface area (Å²) in [5.74, 6) is -0.318. The number of rotatable bonds is 7. The number of nitrogens with one attached hydrogen (secondary N) is 1. The molecule has 0 aromatic heterocycles. The van der Waals surface area contributed by atoms with E-state index in [2.05, 4.69) is 5.32 Å². The number of aliphatic carboxylic acids is 1. The van der Waals surface area contributed by atoms with Gasteiger partial charge in [0.2, 0.25) is 5.91 Å². The van der Waals surface area contributed by atoms with Crippen molar-refractivity contribution in [2.45, 2.75) is 57.8 Å². The molecule has 4 nitrogen and oxygen atoms in total. The monoisotopic (exact) mass is 243 g/mol. The number of hydrogen-bond donors (Lipinski definition) is 2. The van der Waals surface area contributed by atoms with Crippen molar-refractivity contribution in [1.82, 2.24) is 5.32 Å². The zero-order valence-corrected chi connectivity index (χ0v) is 10.4. The van der Waals surface area contributed by atoms with Gasteiger partial charge in [-0.3, -0.25) is 9.59 Å². The van der Waals surface area contributed by atoms with Gasteiger partial charge in [0.15, 0.2) is 0 Å². The number of unbranched alkanes of at least 4 members (excludes halogenated alkanes) is 2. The number of amides is 1. The van der Waals surface area contributed by atoms with Crippen molar-refractivity contribution in [2.24, 2.45) is 5.92 Å². The Labute approximate surface area is 104 Å². The molecule has 0 aromatic carbocycles. The van der Waals surface area contributed by atoms with Gasteiger partial charge in [-0.25, -0.2) is 0 Å². The van der Waals surface area contributed by atoms with E-state index in [-0.39, 0.29) is 19.7 Å². The molecule has 1 fully saturated rings. The van der Waals surface area contributed by atoms with Crippen LogP contribution < -0.4 is 5.32 Å². The maximum absolute atomic E-state index is 11.7. The third-order valence-corrected chi connectivity index (χ3v) is 3.34. The predicted molar refractivity (Wildman–Crippen MR) is 67.8 cm³/mol. The molecule has 1 amide bonds. The predicted octanol–water partition coefficient (Wildman–Crippen LogP) is 2.57. The standard InChI is InChI=1S/C13H23NO3.H2/c15-12(16)9-5-2-6-10-14-13(17)11-7-3-1-4-8-11;/h11H,1-10H2,(H,14,17)(H,15,16);1H. The Hall–Kier alpha value is -1.06. The van der Waals surface area contributed by atoms with Crippen LogP contribution in [-0.4, -0.2) is 23.5 Å². The van der Waals surface area contributed by atoms with Gasteiger partial charge < -0.3 is 10.4 Å². The van der Waals surface area contributed by atoms with Crippen LogP contribution in [0.15, 0.2) is 0 Å². The van der Waals surface area contributed by atoms with Gasteiger partial charge in [0.25, 0.3) is 0 Å². The summed E-state index contributed by atoms with van der Waals surface area (Å²) in [6, 6.07) is 0. The molecule has 100 valence electrons. The molecule has 2 N–H and O–H groups in total. The highest BCUT2D eigenvalue weighted by atomic mass is 16.4. The fraction of sp³-hybridized carbons (Fsp3) is 0.846. The van der Waals surface area contributed by atoms with Crippen molar-refractivity contribution >= 4 is 11.9 Å². The molecule has 1 rings (SSSR count). The lowest BCUT2D eigenvalue weighted by atomic mass is 9.89. The summed E-state index contributed by atoms with van der Waals surface area (Å²) in [4.78, 5) is 22.0. The van der Waals surface area contributed by atoms with Gasteiger partial charge in [0.1, 0.15) is 0 Å². The first-order chi connectivity index (χ1) is 8.20. The van der Waals surface area contributed by atoms with E-state index < -0.39 is 5.97 Å². The number of carbonyl (C=O) groups is 2. The fourth-order valence-corrected chi connectivity index (χ4v) is 2.30. The van der Waals surface area contributed by atoms with Gasteiger partial charge in [-0.2, -0.15) is 0 Å². The van der Waals surface area contributed by atoms with Gasteiger partial charge in [0.05, 0.1) is 0 Å². The van der Waals surface area contributed by atoms with Gasteiger partial charge in [-0.05, 0) is 25.7 Å². The van der Waals surface area contributed by atoms with Crippen LogP contribution in [0, 0.1) is 5.92 Å². The third kappa shape index (κ3) is 6.29. The summed E-state index contributed by atoms with van der Waals surface area (Å²) < 4.78 is 0. The molecule has 17 heavy (non-hydrogen) atoms. The van der Waals surface area contributed by atoms with Crippen LogP contribution >= 0.6 is 0 Å². The van der Waals surface area contributed by atoms with Crippen molar-refractivity contribution in [2.75, 3.05) is 6.54 Å². The largest absolute Gasteiger partial charge is 0.481 e. The Kier molecular flexibility index (Phi) is 6.67. The molecule has 0 heterocycles. The van der Waals surface area contributed by atoms with Gasteiger partial charge in [-0.15, -0.1) is 0 Å². The lowest BCUT2D eigenvalue weighted by molar-refractivity contribution is -0.137. The van der Waals surface area contributed by atoms with Crippen molar-refractivity contribution in [3.05, 3.63) is 0 Å². The van der Waals surface area contributed by atoms with Crippen molar-refractivity contribution < 1.29 is 16.1 Å². The number of carboxylic acid groups (broad SMARTS) is 1. The van der Waals surface area contributed by atoms with Crippen LogP contribution in [0.2, 0.25) is 0 Å². The summed E-state index contributed by atoms with van der Waals surface area (Å²) in [7, 11) is 0. The summed E-state index contributed by atoms with van der Waals surface area (Å²) in [6.07, 6.45) is 8.37. The van der Waals surface area contributed by atoms with E-state index >= 15 is 0 Å². The highest BCUT2D eigenvalue weighted by Crippen LogP contribution is 2.23. The maximum atomic E-state index is 11.7. The van der Waals surface area contributed by atoms with E-state index in [1.54, 1.807) is 0 Å². The van der Waals surface area contributed by atoms with Crippen LogP contribution in [0.1, 0.15) is 59.2 Å². The van der Waals surface area contributed by atoms with Gasteiger partial charge in [-0.1, -0.05) is 25.7 Å². The molecule has 1 saturated carbocycles. The molecular formula is C13H25NO3. The fourth-order valence-electron chi connectivity index (χ4n) is 2.30. The van der Waals surface area contributed by atoms with Crippen LogP contribution in [0.3, 0.4) is 0 Å². The molecule has 0 atom stereocenters. The average Bonchev–Trinajstić information content (AvgIpc) is 2.34. The lowest BCUT2D eigenvalue weighted by Crippen LogP contribution is -2.32. The first-order valence-electron chi connectivity index (χ1n) is 6.69. The molecule has 0 aromatic rings. The molecule has 0 unspecified atom stereocenters. The van der Waals surface area contributed by atoms with Crippen molar-refractivity contribution in [1.29, 1.82) is 0 Å². The molecule has 0 bridgehead atoms. The van der Waals surface area contributed by atoms with E-state index in [4.69, 9.17) is 5.11 Å². The quantitative estimate of drug-likeness (QED) is 0.675. The van der Waals surface area contributed by atoms with Crippen LogP contribution in [0.25, 0.3) is 0 Å². The van der Waals surface area contributed by atoms with Crippen LogP contribution in [-0.2, 0) is 9.59 Å². The number of hydrogen-bond acceptors (Lipinski definition) is 2. The minimum absolute atomic E-state index is 0. The maximum Gasteiger partial charge on any atom is 0.303 e. The summed E-state index contributed by atoms with van der Waals surface area (Å²) >= 11 is 0. The van der Waals surface area contributed by atoms with Crippen LogP contribution in [0.4, 0.5) is 0 Å². The summed E-state index contributed by atoms with van der Waals surface area (Å²) in [6.45, 7) is 0.689. The van der Waals surface area contributed by atoms with Crippen LogP contribution in [0.5, 0.6) is 0 Å². The van der Waals surface area contributed by atoms with E-state index in [0.717, 1.165) is 25.7 Å². The Morgan fingerprint density at radius 1 is 1.12 bits per heavy atom. The molecule has 0 radical (unpaired) electrons. The highest BCUT2D eigenvalue weighted by Gasteiger charge is 2.20. The second-order valence-electron chi connectivity index (χ2n) is 4.83. The van der Waals surface area contributed by atoms with Gasteiger partial charge in [0, 0.05) is 20.3 Å². The Morgan fingerprint density at radius 3 is 2.47 bits per heavy atom. The molecule has 0 saturated heterocycles. The van der Waals surface area contributed by atoms with E-state index in [9.17, 15) is 9.59 Å². The van der Waals surface area contributed by atoms with E-state index in [0.29, 0.717) is 13.0 Å². The lowest BCUT2D eigenvalue weighted by Gasteiger charge is -2.20. The topological polar surface area (TPSA) is 66.4 Å². The smallest absolute Gasteiger partial charge is 0.303 e. The molecule has 1 aliphatic rings. The second-order valence-corrected chi connectivity index (χ2v) is 4.83. The summed E-state index contributed by atoms with van der Waals surface area (Å²) in [5, 5.41) is 11.4. The normalized spacial score (nSPS) is 16.7. The zero-order valence-electron chi connectivity index (χ0n) is 10.4. The first-order valence-corrected chi connectivity index (χ1v) is 6.69. The SMILES string of the molecule is O=C(O)CCCCCNC(=O)C1CCCCC1.[HH]. The molecular weight excluding hydrogens is 218 g/mol. The second kappa shape index (κ2) is 8.09. The minimum atomic E-state index is -0.740. The Balaban J connectivity index is 0.00000289. The van der Waals surface area contributed by atoms with E-state index in [1.807, 2.05) is 0 Å². The number of carboxylic acids is 1. The van der Waals surface area contributed by atoms with Gasteiger partial charge >= 0.3 is 5.97 Å². The van der Waals surface area contributed by atoms with Crippen molar-refractivity contribution in [3.8, 4) is 0 Å². The molecule has 0 spiro atoms.